The first-order chi connectivity index (χ1) is 9.92. The number of nitrogens with two attached hydrogens (primary N) is 1. The van der Waals surface area contributed by atoms with Gasteiger partial charge in [0.05, 0.1) is 9.95 Å². The molecule has 2 rings (SSSR count). The second kappa shape index (κ2) is 6.11. The Balaban J connectivity index is 2.46. The van der Waals surface area contributed by atoms with Gasteiger partial charge in [0.25, 0.3) is 0 Å². The van der Waals surface area contributed by atoms with E-state index in [1.54, 1.807) is 32.0 Å². The zero-order valence-electron chi connectivity index (χ0n) is 11.7. The maximum Gasteiger partial charge on any atom is 0.312 e. The number of benzene rings is 2. The Labute approximate surface area is 127 Å². The summed E-state index contributed by atoms with van der Waals surface area (Å²) in [6, 6.07) is 8.42. The zero-order chi connectivity index (χ0) is 15.6. The van der Waals surface area contributed by atoms with Crippen LogP contribution in [0.1, 0.15) is 16.7 Å². The molecule has 0 aliphatic carbocycles. The van der Waals surface area contributed by atoms with Gasteiger partial charge >= 0.3 is 5.69 Å². The summed E-state index contributed by atoms with van der Waals surface area (Å²) in [7, 11) is 0. The molecule has 2 aromatic carbocycles. The molecule has 0 bridgehead atoms. The third kappa shape index (κ3) is 3.32. The van der Waals surface area contributed by atoms with Crippen molar-refractivity contribution >= 4 is 17.3 Å². The number of rotatable bonds is 4. The van der Waals surface area contributed by atoms with Crippen LogP contribution in [0.4, 0.5) is 5.69 Å². The Hall–Kier alpha value is -2.11. The van der Waals surface area contributed by atoms with E-state index in [1.807, 2.05) is 6.07 Å². The standard InChI is InChI=1S/C15H15ClN2O3/c1-9-5-10(2)15(13(6-9)18(19)20)21-14-4-3-11(8-17)7-12(14)16/h3-7H,8,17H2,1-2H3. The van der Waals surface area contributed by atoms with Crippen molar-refractivity contribution in [2.24, 2.45) is 5.73 Å². The average Bonchev–Trinajstić information content (AvgIpc) is 2.42. The zero-order valence-corrected chi connectivity index (χ0v) is 12.5. The van der Waals surface area contributed by atoms with Gasteiger partial charge in [0.2, 0.25) is 5.75 Å². The Kier molecular flexibility index (Phi) is 4.45. The van der Waals surface area contributed by atoms with Crippen molar-refractivity contribution in [1.29, 1.82) is 0 Å². The molecule has 5 nitrogen and oxygen atoms in total. The van der Waals surface area contributed by atoms with Crippen LogP contribution in [0.15, 0.2) is 30.3 Å². The predicted octanol–water partition coefficient (Wildman–Crippen LogP) is 4.12. The van der Waals surface area contributed by atoms with Gasteiger partial charge in [-0.05, 0) is 42.7 Å². The highest BCUT2D eigenvalue weighted by molar-refractivity contribution is 6.32. The second-order valence-corrected chi connectivity index (χ2v) is 5.17. The summed E-state index contributed by atoms with van der Waals surface area (Å²) in [5.74, 6) is 0.567. The minimum Gasteiger partial charge on any atom is -0.448 e. The van der Waals surface area contributed by atoms with Crippen LogP contribution in [0.25, 0.3) is 0 Å². The van der Waals surface area contributed by atoms with Gasteiger partial charge in [-0.25, -0.2) is 0 Å². The highest BCUT2D eigenvalue weighted by Gasteiger charge is 2.20. The molecule has 0 atom stereocenters. The Morgan fingerprint density at radius 1 is 1.29 bits per heavy atom. The SMILES string of the molecule is Cc1cc(C)c(Oc2ccc(CN)cc2Cl)c([N+](=O)[O-])c1. The van der Waals surface area contributed by atoms with Gasteiger partial charge in [0.1, 0.15) is 5.75 Å². The lowest BCUT2D eigenvalue weighted by molar-refractivity contribution is -0.385. The van der Waals surface area contributed by atoms with E-state index in [0.29, 0.717) is 22.9 Å². The first-order valence-corrected chi connectivity index (χ1v) is 6.72. The van der Waals surface area contributed by atoms with E-state index < -0.39 is 4.92 Å². The molecule has 0 saturated carbocycles. The number of aryl methyl sites for hydroxylation is 2. The van der Waals surface area contributed by atoms with Crippen LogP contribution in [0, 0.1) is 24.0 Å². The summed E-state index contributed by atoms with van der Waals surface area (Å²) < 4.78 is 5.67. The first kappa shape index (κ1) is 15.3. The molecule has 0 aliphatic rings. The van der Waals surface area contributed by atoms with Gasteiger partial charge < -0.3 is 10.5 Å². The minimum absolute atomic E-state index is 0.0773. The number of hydrogen-bond acceptors (Lipinski definition) is 4. The smallest absolute Gasteiger partial charge is 0.312 e. The molecule has 0 spiro atoms. The molecule has 0 radical (unpaired) electrons. The average molecular weight is 307 g/mol. The number of nitro benzene ring substituents is 1. The Bertz CT molecular complexity index is 702. The summed E-state index contributed by atoms with van der Waals surface area (Å²) in [6.07, 6.45) is 0. The van der Waals surface area contributed by atoms with Gasteiger partial charge in [0, 0.05) is 12.6 Å². The fraction of sp³-hybridized carbons (Fsp3) is 0.200. The lowest BCUT2D eigenvalue weighted by atomic mass is 10.1. The first-order valence-electron chi connectivity index (χ1n) is 6.34. The molecule has 0 aliphatic heterocycles. The number of hydrogen-bond donors (Lipinski definition) is 1. The van der Waals surface area contributed by atoms with Crippen molar-refractivity contribution in [2.75, 3.05) is 0 Å². The summed E-state index contributed by atoms with van der Waals surface area (Å²) >= 11 is 6.12. The van der Waals surface area contributed by atoms with Crippen LogP contribution in [0.5, 0.6) is 11.5 Å². The van der Waals surface area contributed by atoms with E-state index in [9.17, 15) is 10.1 Å². The third-order valence-corrected chi connectivity index (χ3v) is 3.34. The van der Waals surface area contributed by atoms with Crippen molar-refractivity contribution in [3.8, 4) is 11.5 Å². The number of nitro groups is 1. The van der Waals surface area contributed by atoms with Crippen LogP contribution >= 0.6 is 11.6 Å². The maximum absolute atomic E-state index is 11.2. The number of halogens is 1. The largest absolute Gasteiger partial charge is 0.448 e. The summed E-state index contributed by atoms with van der Waals surface area (Å²) in [5.41, 5.74) is 7.81. The van der Waals surface area contributed by atoms with E-state index in [2.05, 4.69) is 0 Å². The monoisotopic (exact) mass is 306 g/mol. The van der Waals surface area contributed by atoms with Crippen molar-refractivity contribution in [2.45, 2.75) is 20.4 Å². The van der Waals surface area contributed by atoms with Crippen LogP contribution in [0.2, 0.25) is 5.02 Å². The number of nitrogens with zero attached hydrogens (tertiary/aromatic N) is 1. The summed E-state index contributed by atoms with van der Waals surface area (Å²) in [6.45, 7) is 3.92. The molecule has 110 valence electrons. The highest BCUT2D eigenvalue weighted by atomic mass is 35.5. The maximum atomic E-state index is 11.2. The second-order valence-electron chi connectivity index (χ2n) is 4.76. The fourth-order valence-corrected chi connectivity index (χ4v) is 2.31. The highest BCUT2D eigenvalue weighted by Crippen LogP contribution is 2.38. The van der Waals surface area contributed by atoms with Crippen LogP contribution in [0.3, 0.4) is 0 Å². The minimum atomic E-state index is -0.461. The van der Waals surface area contributed by atoms with Crippen LogP contribution in [-0.2, 0) is 6.54 Å². The lowest BCUT2D eigenvalue weighted by Gasteiger charge is -2.12. The van der Waals surface area contributed by atoms with Gasteiger partial charge in [-0.1, -0.05) is 23.7 Å². The Morgan fingerprint density at radius 2 is 2.00 bits per heavy atom. The molecular formula is C15H15ClN2O3. The van der Waals surface area contributed by atoms with Gasteiger partial charge in [-0.2, -0.15) is 0 Å². The molecule has 2 aromatic rings. The topological polar surface area (TPSA) is 78.4 Å². The molecule has 0 unspecified atom stereocenters. The van der Waals surface area contributed by atoms with E-state index in [-0.39, 0.29) is 11.4 Å². The quantitative estimate of drug-likeness (QED) is 0.681. The van der Waals surface area contributed by atoms with Crippen molar-refractivity contribution in [1.82, 2.24) is 0 Å². The molecule has 21 heavy (non-hydrogen) atoms. The lowest BCUT2D eigenvalue weighted by Crippen LogP contribution is -1.99. The molecule has 0 fully saturated rings. The molecule has 2 N–H and O–H groups in total. The molecule has 0 amide bonds. The van der Waals surface area contributed by atoms with E-state index in [1.165, 1.54) is 6.07 Å². The van der Waals surface area contributed by atoms with Gasteiger partial charge in [0.15, 0.2) is 0 Å². The molecule has 0 saturated heterocycles. The fourth-order valence-electron chi connectivity index (χ4n) is 2.06. The van der Waals surface area contributed by atoms with Crippen molar-refractivity contribution in [3.63, 3.8) is 0 Å². The third-order valence-electron chi connectivity index (χ3n) is 3.04. The van der Waals surface area contributed by atoms with Gasteiger partial charge in [-0.15, -0.1) is 0 Å². The van der Waals surface area contributed by atoms with Crippen LogP contribution < -0.4 is 10.5 Å². The van der Waals surface area contributed by atoms with E-state index >= 15 is 0 Å². The van der Waals surface area contributed by atoms with Gasteiger partial charge in [-0.3, -0.25) is 10.1 Å². The number of ether oxygens (including phenoxy) is 1. The Morgan fingerprint density at radius 3 is 2.57 bits per heavy atom. The summed E-state index contributed by atoms with van der Waals surface area (Å²) in [5, 5.41) is 11.5. The molecule has 0 heterocycles. The van der Waals surface area contributed by atoms with Crippen molar-refractivity contribution < 1.29 is 9.66 Å². The summed E-state index contributed by atoms with van der Waals surface area (Å²) in [4.78, 5) is 10.7. The predicted molar refractivity (Wildman–Crippen MR) is 82.0 cm³/mol. The normalized spacial score (nSPS) is 10.5. The molecule has 0 aromatic heterocycles. The van der Waals surface area contributed by atoms with E-state index in [0.717, 1.165) is 11.1 Å². The van der Waals surface area contributed by atoms with Crippen molar-refractivity contribution in [3.05, 3.63) is 62.2 Å². The molecular weight excluding hydrogens is 292 g/mol. The van der Waals surface area contributed by atoms with E-state index in [4.69, 9.17) is 22.1 Å². The molecule has 6 heteroatoms. The van der Waals surface area contributed by atoms with Crippen LogP contribution in [-0.4, -0.2) is 4.92 Å².